The number of aromatic hydroxyl groups is 2. The van der Waals surface area contributed by atoms with Crippen LogP contribution in [0, 0.1) is 5.92 Å². The van der Waals surface area contributed by atoms with E-state index in [2.05, 4.69) is 42.2 Å². The van der Waals surface area contributed by atoms with Crippen LogP contribution in [0.15, 0.2) is 53.5 Å². The fourth-order valence-electron chi connectivity index (χ4n) is 8.38. The number of aliphatic imine (C=N–C) groups is 1. The lowest BCUT2D eigenvalue weighted by molar-refractivity contribution is -0.142. The van der Waals surface area contributed by atoms with E-state index >= 15 is 0 Å². The fraction of sp³-hybridized carbons (Fsp3) is 0.549. The second-order valence-electron chi connectivity index (χ2n) is 19.5. The number of amides is 8. The second kappa shape index (κ2) is 33.2. The molecule has 1 fully saturated rings. The number of aliphatic hydroxyl groups excluding tert-OH is 1. The van der Waals surface area contributed by atoms with Crippen molar-refractivity contribution in [1.82, 2.24) is 42.1 Å². The highest BCUT2D eigenvalue weighted by atomic mass is 16.4. The molecule has 0 bridgehead atoms. The molecule has 1 aliphatic rings. The van der Waals surface area contributed by atoms with Crippen molar-refractivity contribution >= 4 is 65.2 Å². The molecule has 2 aromatic carbocycles. The summed E-state index contributed by atoms with van der Waals surface area (Å²) in [5.74, 6) is -9.92. The standard InChI is InChI=1S/C51H77N13O15/c1-28(2)23-38(63-44(72)34(8-5-21-56-51(54)55)59-43(71)33(53)18-19-42(69)70)49(77)64-22-6-9-40(64)48(76)57-26-41(68)58-39(27-65)47(75)62-37(25-30-12-16-32(67)17-13-30)46(74)61-36(24-29-10-14-31(66)15-11-29)45(73)60-35(50(78)79)7-3-4-20-52/h10-17,28,33-40,65-67H,3-9,18-27,52-53H2,1-2H3,(H,57,76)(H,58,68)(H,59,71)(H,60,73)(H,61,74)(H,62,75)(H,63,72)(H,69,70)(H,78,79)(H4,54,55,56). The van der Waals surface area contributed by atoms with Gasteiger partial charge in [-0.1, -0.05) is 38.1 Å². The number of carbonyl (C=O) groups is 10. The van der Waals surface area contributed by atoms with Crippen molar-refractivity contribution in [2.24, 2.45) is 33.8 Å². The predicted octanol–water partition coefficient (Wildman–Crippen LogP) is -3.60. The van der Waals surface area contributed by atoms with Crippen LogP contribution in [0.1, 0.15) is 89.2 Å². The van der Waals surface area contributed by atoms with Gasteiger partial charge in [0.15, 0.2) is 5.96 Å². The van der Waals surface area contributed by atoms with Gasteiger partial charge in [-0.05, 0) is 106 Å². The van der Waals surface area contributed by atoms with Crippen molar-refractivity contribution in [2.45, 2.75) is 139 Å². The maximum absolute atomic E-state index is 14.2. The van der Waals surface area contributed by atoms with Gasteiger partial charge in [-0.15, -0.1) is 0 Å². The van der Waals surface area contributed by atoms with E-state index in [0.29, 0.717) is 30.4 Å². The Hall–Kier alpha value is -8.11. The zero-order chi connectivity index (χ0) is 58.8. The highest BCUT2D eigenvalue weighted by molar-refractivity contribution is 5.98. The number of phenolic OH excluding ortho intramolecular Hbond substituents is 2. The molecule has 20 N–H and O–H groups in total. The quantitative estimate of drug-likeness (QED) is 0.0183. The Balaban J connectivity index is 1.76. The fourth-order valence-corrected chi connectivity index (χ4v) is 8.38. The molecule has 0 radical (unpaired) electrons. The number of aliphatic carboxylic acids is 2. The summed E-state index contributed by atoms with van der Waals surface area (Å²) in [6.07, 6.45) is 0.637. The monoisotopic (exact) mass is 1110 g/mol. The van der Waals surface area contributed by atoms with Crippen molar-refractivity contribution in [1.29, 1.82) is 0 Å². The molecule has 2 aromatic rings. The molecule has 1 saturated heterocycles. The van der Waals surface area contributed by atoms with Crippen LogP contribution in [0.25, 0.3) is 0 Å². The molecule has 28 nitrogen and oxygen atoms in total. The van der Waals surface area contributed by atoms with Gasteiger partial charge in [0, 0.05) is 32.4 Å². The van der Waals surface area contributed by atoms with Gasteiger partial charge in [-0.2, -0.15) is 0 Å². The van der Waals surface area contributed by atoms with Crippen LogP contribution in [0.4, 0.5) is 0 Å². The number of likely N-dealkylation sites (tertiary alicyclic amines) is 1. The number of nitrogens with one attached hydrogen (secondary N) is 7. The number of guanidine groups is 1. The molecular weight excluding hydrogens is 1030 g/mol. The Morgan fingerprint density at radius 3 is 1.67 bits per heavy atom. The summed E-state index contributed by atoms with van der Waals surface area (Å²) in [4.78, 5) is 138. The maximum Gasteiger partial charge on any atom is 0.326 e. The normalized spacial score (nSPS) is 15.6. The first kappa shape index (κ1) is 65.2. The van der Waals surface area contributed by atoms with Crippen LogP contribution in [0.5, 0.6) is 11.5 Å². The Labute approximate surface area is 456 Å². The molecule has 8 atom stereocenters. The number of carbonyl (C=O) groups excluding carboxylic acids is 8. The average molecular weight is 1110 g/mol. The van der Waals surface area contributed by atoms with Gasteiger partial charge in [0.05, 0.1) is 19.2 Å². The van der Waals surface area contributed by atoms with Gasteiger partial charge < -0.3 is 90.6 Å². The van der Waals surface area contributed by atoms with E-state index in [1.165, 1.54) is 53.4 Å². The van der Waals surface area contributed by atoms with Gasteiger partial charge >= 0.3 is 11.9 Å². The number of phenols is 2. The van der Waals surface area contributed by atoms with Crippen molar-refractivity contribution < 1.29 is 73.5 Å². The zero-order valence-electron chi connectivity index (χ0n) is 44.4. The number of aliphatic hydroxyl groups is 1. The predicted molar refractivity (Wildman–Crippen MR) is 285 cm³/mol. The summed E-state index contributed by atoms with van der Waals surface area (Å²) < 4.78 is 0. The molecule has 0 spiro atoms. The van der Waals surface area contributed by atoms with Crippen LogP contribution < -0.4 is 60.2 Å². The van der Waals surface area contributed by atoms with Crippen molar-refractivity contribution in [3.05, 3.63) is 59.7 Å². The zero-order valence-corrected chi connectivity index (χ0v) is 44.4. The van der Waals surface area contributed by atoms with Gasteiger partial charge in [0.2, 0.25) is 47.3 Å². The molecule has 8 amide bonds. The average Bonchev–Trinajstić information content (AvgIpc) is 3.89. The highest BCUT2D eigenvalue weighted by Crippen LogP contribution is 2.21. The molecule has 1 aliphatic heterocycles. The number of hydrogen-bond donors (Lipinski definition) is 16. The summed E-state index contributed by atoms with van der Waals surface area (Å²) in [5, 5.41) is 66.4. The number of carboxylic acid groups (broad SMARTS) is 2. The lowest BCUT2D eigenvalue weighted by atomic mass is 10.0. The molecule has 0 aliphatic carbocycles. The Bertz CT molecular complexity index is 2420. The third kappa shape index (κ3) is 23.2. The van der Waals surface area contributed by atoms with E-state index in [1.54, 1.807) is 13.8 Å². The molecular formula is C51H77N13O15. The number of nitrogens with two attached hydrogens (primary N) is 4. The molecule has 0 aromatic heterocycles. The summed E-state index contributed by atoms with van der Waals surface area (Å²) in [6.45, 7) is 2.31. The van der Waals surface area contributed by atoms with E-state index in [1.807, 2.05) is 0 Å². The number of benzene rings is 2. The third-order valence-electron chi connectivity index (χ3n) is 12.6. The minimum absolute atomic E-state index is 0.00781. The molecule has 79 heavy (non-hydrogen) atoms. The van der Waals surface area contributed by atoms with E-state index in [4.69, 9.17) is 28.0 Å². The van der Waals surface area contributed by atoms with E-state index in [0.717, 1.165) is 0 Å². The van der Waals surface area contributed by atoms with E-state index < -0.39 is 127 Å². The first-order valence-electron chi connectivity index (χ1n) is 25.9. The van der Waals surface area contributed by atoms with Crippen LogP contribution in [-0.2, 0) is 60.8 Å². The number of rotatable bonds is 34. The van der Waals surface area contributed by atoms with E-state index in [9.17, 15) is 68.4 Å². The summed E-state index contributed by atoms with van der Waals surface area (Å²) in [5.41, 5.74) is 23.2. The number of carboxylic acids is 2. The van der Waals surface area contributed by atoms with Gasteiger partial charge in [-0.25, -0.2) is 4.79 Å². The summed E-state index contributed by atoms with van der Waals surface area (Å²) >= 11 is 0. The smallest absolute Gasteiger partial charge is 0.326 e. The minimum Gasteiger partial charge on any atom is -0.508 e. The molecule has 0 saturated carbocycles. The molecule has 28 heteroatoms. The van der Waals surface area contributed by atoms with Crippen LogP contribution in [0.3, 0.4) is 0 Å². The molecule has 436 valence electrons. The Kier molecular flexibility index (Phi) is 27.4. The number of unbranched alkanes of at least 4 members (excludes halogenated alkanes) is 1. The van der Waals surface area contributed by atoms with Crippen molar-refractivity contribution in [2.75, 3.05) is 32.8 Å². The number of hydrogen-bond acceptors (Lipinski definition) is 16. The molecule has 3 rings (SSSR count). The summed E-state index contributed by atoms with van der Waals surface area (Å²) in [7, 11) is 0. The van der Waals surface area contributed by atoms with Crippen LogP contribution in [0.2, 0.25) is 0 Å². The lowest BCUT2D eigenvalue weighted by Crippen LogP contribution is -2.59. The van der Waals surface area contributed by atoms with Crippen molar-refractivity contribution in [3.8, 4) is 11.5 Å². The highest BCUT2D eigenvalue weighted by Gasteiger charge is 2.39. The van der Waals surface area contributed by atoms with Crippen LogP contribution in [-0.4, -0.2) is 177 Å². The van der Waals surface area contributed by atoms with Gasteiger partial charge in [0.25, 0.3) is 0 Å². The second-order valence-corrected chi connectivity index (χ2v) is 19.5. The maximum atomic E-state index is 14.2. The SMILES string of the molecule is CC(C)CC(NC(=O)C(CCCN=C(N)N)NC(=O)C(N)CCC(=O)O)C(=O)N1CCCC1C(=O)NCC(=O)NC(CO)C(=O)NC(Cc1ccc(O)cc1)C(=O)NC(Cc1ccc(O)cc1)C(=O)NC(CCCCN)C(=O)O. The summed E-state index contributed by atoms with van der Waals surface area (Å²) in [6, 6.07) is 0.358. The topological polar surface area (TPSA) is 476 Å². The van der Waals surface area contributed by atoms with E-state index in [-0.39, 0.29) is 94.4 Å². The minimum atomic E-state index is -1.72. The van der Waals surface area contributed by atoms with Crippen LogP contribution >= 0.6 is 0 Å². The van der Waals surface area contributed by atoms with Gasteiger partial charge in [0.1, 0.15) is 53.8 Å². The molecule has 1 heterocycles. The first-order valence-corrected chi connectivity index (χ1v) is 25.9. The Morgan fingerprint density at radius 1 is 0.658 bits per heavy atom. The Morgan fingerprint density at radius 2 is 1.16 bits per heavy atom. The lowest BCUT2D eigenvalue weighted by Gasteiger charge is -2.30. The third-order valence-corrected chi connectivity index (χ3v) is 12.6. The first-order chi connectivity index (χ1) is 37.4. The van der Waals surface area contributed by atoms with Crippen molar-refractivity contribution in [3.63, 3.8) is 0 Å². The molecule has 8 unspecified atom stereocenters. The largest absolute Gasteiger partial charge is 0.508 e. The number of nitrogens with zero attached hydrogens (tertiary/aromatic N) is 2. The van der Waals surface area contributed by atoms with Gasteiger partial charge in [-0.3, -0.25) is 48.1 Å².